The van der Waals surface area contributed by atoms with Gasteiger partial charge in [0.15, 0.2) is 5.65 Å². The average molecular weight is 521 g/mol. The predicted octanol–water partition coefficient (Wildman–Crippen LogP) is 3.42. The van der Waals surface area contributed by atoms with E-state index >= 15 is 0 Å². The second-order valence-corrected chi connectivity index (χ2v) is 8.95. The number of anilines is 3. The van der Waals surface area contributed by atoms with E-state index in [1.54, 1.807) is 39.9 Å². The highest BCUT2D eigenvalue weighted by Gasteiger charge is 2.20. The minimum atomic E-state index is -0.393. The summed E-state index contributed by atoms with van der Waals surface area (Å²) in [4.78, 5) is 40.7. The van der Waals surface area contributed by atoms with Gasteiger partial charge in [0.2, 0.25) is 17.6 Å². The molecule has 1 aliphatic heterocycles. The molecule has 12 heteroatoms. The number of hydrogen-bond acceptors (Lipinski definition) is 7. The van der Waals surface area contributed by atoms with E-state index in [9.17, 15) is 9.59 Å². The van der Waals surface area contributed by atoms with Gasteiger partial charge >= 0.3 is 0 Å². The molecular formula is C24H18Cl2N8O2. The van der Waals surface area contributed by atoms with Gasteiger partial charge in [-0.1, -0.05) is 29.3 Å². The quantitative estimate of drug-likeness (QED) is 0.373. The molecule has 1 amide bonds. The van der Waals surface area contributed by atoms with Crippen molar-refractivity contribution in [2.24, 2.45) is 0 Å². The first-order valence-corrected chi connectivity index (χ1v) is 11.8. The smallest absolute Gasteiger partial charge is 0.270 e. The highest BCUT2D eigenvalue weighted by atomic mass is 35.5. The number of benzene rings is 2. The second-order valence-electron chi connectivity index (χ2n) is 8.13. The number of carbonyl (C=O) groups excluding carboxylic acids is 1. The van der Waals surface area contributed by atoms with Crippen LogP contribution in [0.1, 0.15) is 0 Å². The van der Waals surface area contributed by atoms with Gasteiger partial charge in [-0.15, -0.1) is 0 Å². The van der Waals surface area contributed by atoms with Crippen molar-refractivity contribution in [3.05, 3.63) is 81.5 Å². The Kier molecular flexibility index (Phi) is 5.56. The van der Waals surface area contributed by atoms with Gasteiger partial charge in [0, 0.05) is 43.1 Å². The molecule has 0 radical (unpaired) electrons. The van der Waals surface area contributed by atoms with Crippen molar-refractivity contribution in [2.75, 3.05) is 29.9 Å². The summed E-state index contributed by atoms with van der Waals surface area (Å²) in [5, 5.41) is 7.13. The van der Waals surface area contributed by atoms with Crippen molar-refractivity contribution >= 4 is 63.2 Å². The van der Waals surface area contributed by atoms with E-state index in [1.165, 1.54) is 10.8 Å². The van der Waals surface area contributed by atoms with E-state index in [0.29, 0.717) is 46.2 Å². The fourth-order valence-corrected chi connectivity index (χ4v) is 4.81. The summed E-state index contributed by atoms with van der Waals surface area (Å²) in [5.41, 5.74) is 1.89. The molecule has 1 fully saturated rings. The Bertz CT molecular complexity index is 1680. The van der Waals surface area contributed by atoms with Gasteiger partial charge in [-0.2, -0.15) is 4.98 Å². The number of para-hydroxylation sites is 1. The number of halogens is 2. The maximum Gasteiger partial charge on any atom is 0.270 e. The van der Waals surface area contributed by atoms with Crippen LogP contribution in [0.25, 0.3) is 22.5 Å². The van der Waals surface area contributed by atoms with Crippen LogP contribution in [0.3, 0.4) is 0 Å². The summed E-state index contributed by atoms with van der Waals surface area (Å²) in [7, 11) is 0. The van der Waals surface area contributed by atoms with Crippen LogP contribution in [0.2, 0.25) is 10.0 Å². The predicted molar refractivity (Wildman–Crippen MR) is 139 cm³/mol. The normalized spacial score (nSPS) is 14.1. The van der Waals surface area contributed by atoms with Crippen LogP contribution in [0.4, 0.5) is 17.3 Å². The summed E-state index contributed by atoms with van der Waals surface area (Å²) in [6, 6.07) is 12.5. The number of carbonyl (C=O) groups is 1. The molecule has 0 bridgehead atoms. The van der Waals surface area contributed by atoms with E-state index in [1.807, 2.05) is 24.3 Å². The molecule has 0 saturated carbocycles. The minimum Gasteiger partial charge on any atom is -0.324 e. The molecule has 1 aliphatic rings. The maximum absolute atomic E-state index is 13.5. The fourth-order valence-electron chi connectivity index (χ4n) is 4.24. The maximum atomic E-state index is 13.5. The first kappa shape index (κ1) is 22.5. The highest BCUT2D eigenvalue weighted by molar-refractivity contribution is 6.37. The molecule has 10 nitrogen and oxygen atoms in total. The van der Waals surface area contributed by atoms with Crippen LogP contribution >= 0.6 is 23.2 Å². The monoisotopic (exact) mass is 520 g/mol. The topological polar surface area (TPSA) is 109 Å². The molecule has 0 aliphatic carbocycles. The molecular weight excluding hydrogens is 503 g/mol. The molecule has 3 aromatic heterocycles. The number of nitrogens with zero attached hydrogens (tertiary/aromatic N) is 6. The van der Waals surface area contributed by atoms with Crippen molar-refractivity contribution in [3.8, 4) is 5.69 Å². The summed E-state index contributed by atoms with van der Waals surface area (Å²) in [6.45, 7) is 1.71. The lowest BCUT2D eigenvalue weighted by Gasteiger charge is -2.27. The van der Waals surface area contributed by atoms with Crippen LogP contribution in [-0.4, -0.2) is 49.5 Å². The molecule has 180 valence electrons. The number of imidazole rings is 1. The molecule has 2 N–H and O–H groups in total. The Morgan fingerprint density at radius 3 is 2.53 bits per heavy atom. The van der Waals surface area contributed by atoms with Crippen LogP contribution in [0, 0.1) is 0 Å². The van der Waals surface area contributed by atoms with Crippen molar-refractivity contribution in [1.82, 2.24) is 29.2 Å². The van der Waals surface area contributed by atoms with E-state index < -0.39 is 5.56 Å². The third-order valence-corrected chi connectivity index (χ3v) is 6.55. The standard InChI is InChI=1S/C24H18Cl2N8O2/c25-17-2-1-3-18(26)20(17)34-22(36)16-12-29-23(31-21(16)33-11-9-28-24(33)34)30-14-4-6-15(7-5-14)32-10-8-27-13-19(32)35/h1-7,9,11-12,27H,8,10,13H2,(H,29,30,31). The number of rotatable bonds is 4. The highest BCUT2D eigenvalue weighted by Crippen LogP contribution is 2.29. The second kappa shape index (κ2) is 8.90. The van der Waals surface area contributed by atoms with E-state index in [2.05, 4.69) is 25.6 Å². The minimum absolute atomic E-state index is 0.0351. The van der Waals surface area contributed by atoms with Crippen molar-refractivity contribution in [3.63, 3.8) is 0 Å². The third-order valence-electron chi connectivity index (χ3n) is 5.94. The van der Waals surface area contributed by atoms with Crippen molar-refractivity contribution in [1.29, 1.82) is 0 Å². The first-order valence-electron chi connectivity index (χ1n) is 11.1. The fraction of sp³-hybridized carbons (Fsp3) is 0.125. The Balaban J connectivity index is 1.39. The number of nitrogens with one attached hydrogen (secondary N) is 2. The molecule has 0 unspecified atom stereocenters. The number of fused-ring (bicyclic) bond motifs is 3. The Morgan fingerprint density at radius 1 is 1.00 bits per heavy atom. The van der Waals surface area contributed by atoms with Gasteiger partial charge in [0.1, 0.15) is 5.39 Å². The van der Waals surface area contributed by atoms with Gasteiger partial charge in [-0.3, -0.25) is 14.0 Å². The first-order chi connectivity index (χ1) is 17.5. The van der Waals surface area contributed by atoms with E-state index in [-0.39, 0.29) is 11.3 Å². The van der Waals surface area contributed by atoms with Crippen LogP contribution < -0.4 is 21.1 Å². The average Bonchev–Trinajstić information content (AvgIpc) is 3.37. The summed E-state index contributed by atoms with van der Waals surface area (Å²) in [5.74, 6) is 0.654. The Labute approximate surface area is 214 Å². The third kappa shape index (κ3) is 3.76. The van der Waals surface area contributed by atoms with Gasteiger partial charge in [0.25, 0.3) is 5.56 Å². The molecule has 0 spiro atoms. The lowest BCUT2D eigenvalue weighted by molar-refractivity contribution is -0.118. The van der Waals surface area contributed by atoms with Gasteiger partial charge in [-0.25, -0.2) is 14.5 Å². The summed E-state index contributed by atoms with van der Waals surface area (Å²) < 4.78 is 3.04. The van der Waals surface area contributed by atoms with E-state index in [4.69, 9.17) is 23.2 Å². The number of amides is 1. The number of piperazine rings is 1. The summed E-state index contributed by atoms with van der Waals surface area (Å²) in [6.07, 6.45) is 4.73. The van der Waals surface area contributed by atoms with Crippen LogP contribution in [-0.2, 0) is 4.79 Å². The lowest BCUT2D eigenvalue weighted by Crippen LogP contribution is -2.48. The SMILES string of the molecule is O=C1CNCCN1c1ccc(Nc2ncc3c(=O)n(-c4c(Cl)cccc4Cl)c4nccn4c3n2)cc1. The van der Waals surface area contributed by atoms with Crippen LogP contribution in [0.5, 0.6) is 0 Å². The zero-order chi connectivity index (χ0) is 24.8. The largest absolute Gasteiger partial charge is 0.324 e. The molecule has 4 heterocycles. The van der Waals surface area contributed by atoms with Gasteiger partial charge in [-0.05, 0) is 36.4 Å². The zero-order valence-corrected chi connectivity index (χ0v) is 20.2. The zero-order valence-electron chi connectivity index (χ0n) is 18.7. The van der Waals surface area contributed by atoms with Crippen LogP contribution in [0.15, 0.2) is 65.8 Å². The lowest BCUT2D eigenvalue weighted by atomic mass is 10.2. The summed E-state index contributed by atoms with van der Waals surface area (Å²) >= 11 is 12.8. The van der Waals surface area contributed by atoms with Crippen molar-refractivity contribution < 1.29 is 4.79 Å². The molecule has 36 heavy (non-hydrogen) atoms. The molecule has 0 atom stereocenters. The number of aromatic nitrogens is 5. The van der Waals surface area contributed by atoms with Gasteiger partial charge in [0.05, 0.1) is 22.3 Å². The molecule has 2 aromatic carbocycles. The molecule has 5 aromatic rings. The number of hydrogen-bond donors (Lipinski definition) is 2. The molecule has 6 rings (SSSR count). The Morgan fingerprint density at radius 2 is 1.78 bits per heavy atom. The van der Waals surface area contributed by atoms with Crippen molar-refractivity contribution in [2.45, 2.75) is 0 Å². The Hall–Kier alpha value is -3.99. The van der Waals surface area contributed by atoms with E-state index in [0.717, 1.165) is 17.9 Å². The van der Waals surface area contributed by atoms with Gasteiger partial charge < -0.3 is 15.5 Å². The molecule has 1 saturated heterocycles.